The minimum absolute atomic E-state index is 0.000101. The van der Waals surface area contributed by atoms with E-state index in [1.54, 1.807) is 18.8 Å². The van der Waals surface area contributed by atoms with Crippen molar-refractivity contribution >= 4 is 17.6 Å². The van der Waals surface area contributed by atoms with Crippen LogP contribution in [0.2, 0.25) is 0 Å². The van der Waals surface area contributed by atoms with Gasteiger partial charge in [-0.15, -0.1) is 0 Å². The summed E-state index contributed by atoms with van der Waals surface area (Å²) in [6.45, 7) is 10.4. The van der Waals surface area contributed by atoms with Crippen molar-refractivity contribution in [1.29, 1.82) is 0 Å². The molecule has 0 aliphatic heterocycles. The molecule has 0 radical (unpaired) electrons. The minimum atomic E-state index is -0.249. The first-order valence-electron chi connectivity index (χ1n) is 11.4. The van der Waals surface area contributed by atoms with Gasteiger partial charge in [0.25, 0.3) is 0 Å². The Hall–Kier alpha value is -2.83. The summed E-state index contributed by atoms with van der Waals surface area (Å²) in [7, 11) is 3.31. The smallest absolute Gasteiger partial charge is 0.245 e. The number of methoxy groups -OCH3 is 1. The van der Waals surface area contributed by atoms with Crippen LogP contribution in [0.1, 0.15) is 66.0 Å². The standard InChI is InChI=1S/C25H38N4O3/c1-8-10-11-18(9-2)24(31)28(6)17-23(30)26-22-16-21(25(3,4)5)27-29(22)19-12-14-20(32-7)15-13-19/h12-16,18H,8-11,17H2,1-7H3,(H,26,30). The maximum absolute atomic E-state index is 12.8. The summed E-state index contributed by atoms with van der Waals surface area (Å²) < 4.78 is 6.96. The lowest BCUT2D eigenvalue weighted by Gasteiger charge is -2.22. The van der Waals surface area contributed by atoms with Crippen LogP contribution in [0.15, 0.2) is 30.3 Å². The van der Waals surface area contributed by atoms with Gasteiger partial charge in [-0.1, -0.05) is 47.5 Å². The molecule has 7 nitrogen and oxygen atoms in total. The summed E-state index contributed by atoms with van der Waals surface area (Å²) in [4.78, 5) is 27.1. The summed E-state index contributed by atoms with van der Waals surface area (Å²) in [5, 5.41) is 7.68. The van der Waals surface area contributed by atoms with Gasteiger partial charge >= 0.3 is 0 Å². The summed E-state index contributed by atoms with van der Waals surface area (Å²) in [5.74, 6) is 1.06. The number of nitrogens with one attached hydrogen (secondary N) is 1. The van der Waals surface area contributed by atoms with E-state index in [2.05, 4.69) is 33.0 Å². The second kappa shape index (κ2) is 11.2. The molecule has 1 unspecified atom stereocenters. The highest BCUT2D eigenvalue weighted by Crippen LogP contribution is 2.27. The monoisotopic (exact) mass is 442 g/mol. The molecule has 2 rings (SSSR count). The predicted molar refractivity (Wildman–Crippen MR) is 128 cm³/mol. The van der Waals surface area contributed by atoms with Gasteiger partial charge in [0, 0.05) is 24.4 Å². The van der Waals surface area contributed by atoms with Crippen molar-refractivity contribution in [2.75, 3.05) is 26.0 Å². The Morgan fingerprint density at radius 3 is 2.38 bits per heavy atom. The molecule has 0 bridgehead atoms. The number of anilines is 1. The number of carbonyl (C=O) groups is 2. The number of benzene rings is 1. The van der Waals surface area contributed by atoms with Gasteiger partial charge in [-0.2, -0.15) is 5.10 Å². The van der Waals surface area contributed by atoms with E-state index < -0.39 is 0 Å². The number of nitrogens with zero attached hydrogens (tertiary/aromatic N) is 3. The Morgan fingerprint density at radius 1 is 1.19 bits per heavy atom. The number of unbranched alkanes of at least 4 members (excludes halogenated alkanes) is 1. The van der Waals surface area contributed by atoms with Gasteiger partial charge < -0.3 is 15.0 Å². The molecular weight excluding hydrogens is 404 g/mol. The number of aromatic nitrogens is 2. The van der Waals surface area contributed by atoms with E-state index >= 15 is 0 Å². The molecular formula is C25H38N4O3. The first-order valence-corrected chi connectivity index (χ1v) is 11.4. The lowest BCUT2D eigenvalue weighted by molar-refractivity contribution is -0.137. The molecule has 1 N–H and O–H groups in total. The fraction of sp³-hybridized carbons (Fsp3) is 0.560. The van der Waals surface area contributed by atoms with Crippen LogP contribution < -0.4 is 10.1 Å². The fourth-order valence-corrected chi connectivity index (χ4v) is 3.50. The second-order valence-electron chi connectivity index (χ2n) is 9.26. The van der Waals surface area contributed by atoms with Crippen molar-refractivity contribution in [2.24, 2.45) is 5.92 Å². The quantitative estimate of drug-likeness (QED) is 0.574. The van der Waals surface area contributed by atoms with Crippen molar-refractivity contribution in [3.05, 3.63) is 36.0 Å². The summed E-state index contributed by atoms with van der Waals surface area (Å²) in [5.41, 5.74) is 1.49. The molecule has 7 heteroatoms. The topological polar surface area (TPSA) is 76.5 Å². The number of hydrogen-bond acceptors (Lipinski definition) is 4. The van der Waals surface area contributed by atoms with Crippen LogP contribution in [0.3, 0.4) is 0 Å². The SMILES string of the molecule is CCCCC(CC)C(=O)N(C)CC(=O)Nc1cc(C(C)(C)C)nn1-c1ccc(OC)cc1. The zero-order chi connectivity index (χ0) is 23.9. The van der Waals surface area contributed by atoms with E-state index in [4.69, 9.17) is 9.84 Å². The van der Waals surface area contributed by atoms with Gasteiger partial charge in [-0.25, -0.2) is 4.68 Å². The largest absolute Gasteiger partial charge is 0.497 e. The van der Waals surface area contributed by atoms with Gasteiger partial charge in [-0.05, 0) is 37.1 Å². The van der Waals surface area contributed by atoms with Crippen LogP contribution in [0.5, 0.6) is 5.75 Å². The summed E-state index contributed by atoms with van der Waals surface area (Å²) >= 11 is 0. The zero-order valence-corrected chi connectivity index (χ0v) is 20.6. The van der Waals surface area contributed by atoms with E-state index in [0.717, 1.165) is 42.8 Å². The molecule has 0 aliphatic carbocycles. The second-order valence-corrected chi connectivity index (χ2v) is 9.26. The third kappa shape index (κ3) is 6.58. The van der Waals surface area contributed by atoms with Gasteiger partial charge in [-0.3, -0.25) is 9.59 Å². The summed E-state index contributed by atoms with van der Waals surface area (Å²) in [6, 6.07) is 9.38. The van der Waals surface area contributed by atoms with Crippen LogP contribution >= 0.6 is 0 Å². The van der Waals surface area contributed by atoms with Crippen molar-refractivity contribution < 1.29 is 14.3 Å². The van der Waals surface area contributed by atoms with Crippen molar-refractivity contribution in [1.82, 2.24) is 14.7 Å². The van der Waals surface area contributed by atoms with Crippen molar-refractivity contribution in [3.63, 3.8) is 0 Å². The molecule has 0 spiro atoms. The molecule has 0 aliphatic rings. The molecule has 2 aromatic rings. The molecule has 0 saturated carbocycles. The Balaban J connectivity index is 2.20. The minimum Gasteiger partial charge on any atom is -0.497 e. The van der Waals surface area contributed by atoms with E-state index in [9.17, 15) is 9.59 Å². The maximum atomic E-state index is 12.8. The number of ether oxygens (including phenoxy) is 1. The predicted octanol–water partition coefficient (Wildman–Crippen LogP) is 4.79. The third-order valence-corrected chi connectivity index (χ3v) is 5.57. The highest BCUT2D eigenvalue weighted by molar-refractivity contribution is 5.94. The molecule has 176 valence electrons. The van der Waals surface area contributed by atoms with Crippen LogP contribution in [0, 0.1) is 5.92 Å². The number of likely N-dealkylation sites (N-methyl/N-ethyl adjacent to an activating group) is 1. The van der Waals surface area contributed by atoms with E-state index in [1.807, 2.05) is 37.3 Å². The molecule has 1 atom stereocenters. The van der Waals surface area contributed by atoms with E-state index in [0.29, 0.717) is 5.82 Å². The van der Waals surface area contributed by atoms with Crippen molar-refractivity contribution in [3.8, 4) is 11.4 Å². The molecule has 1 heterocycles. The molecule has 2 amide bonds. The first-order chi connectivity index (χ1) is 15.1. The molecule has 0 saturated heterocycles. The van der Waals surface area contributed by atoms with Gasteiger partial charge in [0.2, 0.25) is 11.8 Å². The number of hydrogen-bond donors (Lipinski definition) is 1. The zero-order valence-electron chi connectivity index (χ0n) is 20.6. The van der Waals surface area contributed by atoms with Gasteiger partial charge in [0.05, 0.1) is 25.0 Å². The van der Waals surface area contributed by atoms with Crippen LogP contribution in [0.4, 0.5) is 5.82 Å². The summed E-state index contributed by atoms with van der Waals surface area (Å²) in [6.07, 6.45) is 3.71. The van der Waals surface area contributed by atoms with Gasteiger partial charge in [0.1, 0.15) is 11.6 Å². The Kier molecular flexibility index (Phi) is 8.87. The van der Waals surface area contributed by atoms with Crippen molar-refractivity contribution in [2.45, 2.75) is 65.7 Å². The van der Waals surface area contributed by atoms with E-state index in [-0.39, 0.29) is 29.7 Å². The van der Waals surface area contributed by atoms with E-state index in [1.165, 1.54) is 4.90 Å². The number of rotatable bonds is 10. The lowest BCUT2D eigenvalue weighted by Crippen LogP contribution is -2.38. The number of amides is 2. The van der Waals surface area contributed by atoms with Crippen LogP contribution in [-0.4, -0.2) is 47.2 Å². The average molecular weight is 443 g/mol. The molecule has 0 fully saturated rings. The fourth-order valence-electron chi connectivity index (χ4n) is 3.50. The normalized spacial score (nSPS) is 12.3. The first kappa shape index (κ1) is 25.4. The average Bonchev–Trinajstić information content (AvgIpc) is 3.18. The molecule has 32 heavy (non-hydrogen) atoms. The lowest BCUT2D eigenvalue weighted by atomic mass is 9.92. The highest BCUT2D eigenvalue weighted by atomic mass is 16.5. The Bertz CT molecular complexity index is 897. The highest BCUT2D eigenvalue weighted by Gasteiger charge is 2.24. The maximum Gasteiger partial charge on any atom is 0.245 e. The van der Waals surface area contributed by atoms with Crippen LogP contribution in [-0.2, 0) is 15.0 Å². The molecule has 1 aromatic heterocycles. The Morgan fingerprint density at radius 2 is 1.84 bits per heavy atom. The number of carbonyl (C=O) groups excluding carboxylic acids is 2. The van der Waals surface area contributed by atoms with Gasteiger partial charge in [0.15, 0.2) is 0 Å². The van der Waals surface area contributed by atoms with Crippen LogP contribution in [0.25, 0.3) is 5.69 Å². The third-order valence-electron chi connectivity index (χ3n) is 5.57. The Labute approximate surface area is 192 Å². The molecule has 1 aromatic carbocycles.